The van der Waals surface area contributed by atoms with Crippen molar-refractivity contribution < 1.29 is 14.3 Å². The van der Waals surface area contributed by atoms with E-state index in [0.29, 0.717) is 23.3 Å². The van der Waals surface area contributed by atoms with Gasteiger partial charge in [0.05, 0.1) is 11.3 Å². The topological polar surface area (TPSA) is 74.1 Å². The van der Waals surface area contributed by atoms with E-state index in [0.717, 1.165) is 24.9 Å². The van der Waals surface area contributed by atoms with Gasteiger partial charge in [0.1, 0.15) is 12.7 Å². The van der Waals surface area contributed by atoms with Gasteiger partial charge in [0.25, 0.3) is 0 Å². The van der Waals surface area contributed by atoms with E-state index in [4.69, 9.17) is 4.74 Å². The number of hydrogen-bond donors (Lipinski definition) is 0. The molecule has 0 aliphatic heterocycles. The lowest BCUT2D eigenvalue weighted by Crippen LogP contribution is -2.52. The van der Waals surface area contributed by atoms with Crippen molar-refractivity contribution in [2.24, 2.45) is 23.2 Å². The van der Waals surface area contributed by atoms with Crippen LogP contribution in [0.3, 0.4) is 0 Å². The van der Waals surface area contributed by atoms with E-state index >= 15 is 0 Å². The second-order valence-electron chi connectivity index (χ2n) is 9.00. The highest BCUT2D eigenvalue weighted by atomic mass is 16.5. The van der Waals surface area contributed by atoms with Crippen molar-refractivity contribution in [2.75, 3.05) is 0 Å². The summed E-state index contributed by atoms with van der Waals surface area (Å²) in [5, 5.41) is 4.07. The van der Waals surface area contributed by atoms with Crippen LogP contribution < -0.4 is 0 Å². The molecule has 1 atom stereocenters. The normalized spacial score (nSPS) is 31.5. The van der Waals surface area contributed by atoms with E-state index in [1.807, 2.05) is 0 Å². The molecular formula is C22H25N3O3. The summed E-state index contributed by atoms with van der Waals surface area (Å²) >= 11 is 0. The molecule has 6 heteroatoms. The average molecular weight is 379 g/mol. The SMILES string of the molecule is C[C@H](OC(=O)c1ccc(-n2cncn2)cc1)C(=O)C12CC3CC(CC(C3)C1)C2. The smallest absolute Gasteiger partial charge is 0.338 e. The van der Waals surface area contributed by atoms with Crippen molar-refractivity contribution in [1.29, 1.82) is 0 Å². The maximum absolute atomic E-state index is 13.3. The summed E-state index contributed by atoms with van der Waals surface area (Å²) in [6.07, 6.45) is 9.21. The number of benzene rings is 1. The number of Topliss-reactive ketones (excluding diaryl/α,β-unsaturated/α-hetero) is 1. The van der Waals surface area contributed by atoms with Crippen molar-refractivity contribution in [2.45, 2.75) is 51.6 Å². The number of esters is 1. The molecule has 0 spiro atoms. The number of carbonyl (C=O) groups excluding carboxylic acids is 2. The summed E-state index contributed by atoms with van der Waals surface area (Å²) in [4.78, 5) is 29.8. The van der Waals surface area contributed by atoms with Crippen LogP contribution in [-0.2, 0) is 9.53 Å². The van der Waals surface area contributed by atoms with Crippen LogP contribution in [-0.4, -0.2) is 32.6 Å². The minimum atomic E-state index is -0.696. The van der Waals surface area contributed by atoms with E-state index < -0.39 is 12.1 Å². The Bertz CT molecular complexity index is 853. The Kier molecular flexibility index (Phi) is 4.11. The lowest BCUT2D eigenvalue weighted by atomic mass is 9.48. The quantitative estimate of drug-likeness (QED) is 0.742. The number of rotatable bonds is 5. The van der Waals surface area contributed by atoms with Crippen molar-refractivity contribution in [1.82, 2.24) is 14.8 Å². The molecule has 2 aromatic rings. The van der Waals surface area contributed by atoms with E-state index in [-0.39, 0.29) is 11.2 Å². The van der Waals surface area contributed by atoms with E-state index in [9.17, 15) is 9.59 Å². The minimum Gasteiger partial charge on any atom is -0.451 e. The monoisotopic (exact) mass is 379 g/mol. The number of ether oxygens (including phenoxy) is 1. The second kappa shape index (κ2) is 6.54. The summed E-state index contributed by atoms with van der Waals surface area (Å²) < 4.78 is 7.21. The molecule has 0 unspecified atom stereocenters. The maximum Gasteiger partial charge on any atom is 0.338 e. The van der Waals surface area contributed by atoms with Crippen molar-refractivity contribution in [3.8, 4) is 5.69 Å². The van der Waals surface area contributed by atoms with E-state index in [1.165, 1.54) is 25.6 Å². The molecule has 6 nitrogen and oxygen atoms in total. The Morgan fingerprint density at radius 2 is 1.68 bits per heavy atom. The predicted molar refractivity (Wildman–Crippen MR) is 102 cm³/mol. The largest absolute Gasteiger partial charge is 0.451 e. The zero-order valence-corrected chi connectivity index (χ0v) is 16.1. The van der Waals surface area contributed by atoms with Gasteiger partial charge in [-0.05, 0) is 87.5 Å². The Balaban J connectivity index is 1.27. The standard InChI is InChI=1S/C22H25N3O3/c1-14(20(26)22-9-15-6-16(10-22)8-17(7-15)11-22)28-21(27)18-2-4-19(5-3-18)25-13-23-12-24-25/h2-5,12-17H,6-11H2,1H3/t14-,15?,16?,17?,22?/m0/s1. The van der Waals surface area contributed by atoms with Gasteiger partial charge in [0.2, 0.25) is 0 Å². The zero-order valence-electron chi connectivity index (χ0n) is 16.1. The van der Waals surface area contributed by atoms with Crippen LogP contribution >= 0.6 is 0 Å². The number of ketones is 1. The van der Waals surface area contributed by atoms with Gasteiger partial charge in [0.15, 0.2) is 11.9 Å². The molecule has 0 N–H and O–H groups in total. The third-order valence-electron chi connectivity index (χ3n) is 7.00. The summed E-state index contributed by atoms with van der Waals surface area (Å²) in [6, 6.07) is 6.97. The van der Waals surface area contributed by atoms with Gasteiger partial charge in [0, 0.05) is 5.41 Å². The molecule has 146 valence electrons. The molecule has 4 aliphatic carbocycles. The van der Waals surface area contributed by atoms with Crippen LogP contribution in [0.25, 0.3) is 5.69 Å². The van der Waals surface area contributed by atoms with E-state index in [1.54, 1.807) is 42.2 Å². The zero-order chi connectivity index (χ0) is 19.3. The fourth-order valence-electron chi connectivity index (χ4n) is 6.22. The fraction of sp³-hybridized carbons (Fsp3) is 0.545. The molecule has 0 saturated heterocycles. The van der Waals surface area contributed by atoms with E-state index in [2.05, 4.69) is 10.1 Å². The Labute approximate surface area is 164 Å². The fourth-order valence-corrected chi connectivity index (χ4v) is 6.22. The van der Waals surface area contributed by atoms with Gasteiger partial charge in [-0.2, -0.15) is 5.10 Å². The first-order chi connectivity index (χ1) is 13.5. The molecule has 0 amide bonds. The van der Waals surface area contributed by atoms with Crippen LogP contribution in [0.15, 0.2) is 36.9 Å². The molecule has 4 aliphatic rings. The molecule has 1 aromatic carbocycles. The first kappa shape index (κ1) is 17.6. The summed E-state index contributed by atoms with van der Waals surface area (Å²) in [6.45, 7) is 1.74. The number of hydrogen-bond acceptors (Lipinski definition) is 5. The average Bonchev–Trinajstić information content (AvgIpc) is 3.21. The van der Waals surface area contributed by atoms with Gasteiger partial charge >= 0.3 is 5.97 Å². The first-order valence-corrected chi connectivity index (χ1v) is 10.2. The minimum absolute atomic E-state index is 0.138. The van der Waals surface area contributed by atoms with Crippen LogP contribution in [0.1, 0.15) is 55.8 Å². The summed E-state index contributed by atoms with van der Waals surface area (Å²) in [7, 11) is 0. The molecule has 1 aromatic heterocycles. The second-order valence-corrected chi connectivity index (χ2v) is 9.00. The molecule has 4 saturated carbocycles. The molecule has 0 radical (unpaired) electrons. The summed E-state index contributed by atoms with van der Waals surface area (Å²) in [5.74, 6) is 1.78. The van der Waals surface area contributed by atoms with Crippen LogP contribution in [0.2, 0.25) is 0 Å². The molecule has 1 heterocycles. The first-order valence-electron chi connectivity index (χ1n) is 10.2. The van der Waals surface area contributed by atoms with Crippen LogP contribution in [0.5, 0.6) is 0 Å². The Morgan fingerprint density at radius 3 is 2.21 bits per heavy atom. The highest BCUT2D eigenvalue weighted by molar-refractivity contribution is 5.94. The molecule has 4 bridgehead atoms. The predicted octanol–water partition coefficient (Wildman–Crippen LogP) is 3.60. The molecule has 28 heavy (non-hydrogen) atoms. The lowest BCUT2D eigenvalue weighted by Gasteiger charge is -2.56. The third-order valence-corrected chi connectivity index (χ3v) is 7.00. The summed E-state index contributed by atoms with van der Waals surface area (Å²) in [5.41, 5.74) is 1.01. The number of nitrogens with zero attached hydrogens (tertiary/aromatic N) is 3. The van der Waals surface area contributed by atoms with Gasteiger partial charge in [-0.15, -0.1) is 0 Å². The number of carbonyl (C=O) groups is 2. The molecule has 4 fully saturated rings. The third kappa shape index (κ3) is 2.95. The highest BCUT2D eigenvalue weighted by Crippen LogP contribution is 2.60. The molecular weight excluding hydrogens is 354 g/mol. The van der Waals surface area contributed by atoms with Crippen molar-refractivity contribution in [3.05, 3.63) is 42.5 Å². The van der Waals surface area contributed by atoms with Crippen molar-refractivity contribution >= 4 is 11.8 Å². The van der Waals surface area contributed by atoms with Gasteiger partial charge in [-0.3, -0.25) is 4.79 Å². The Morgan fingerprint density at radius 1 is 1.07 bits per heavy atom. The van der Waals surface area contributed by atoms with Gasteiger partial charge in [-0.1, -0.05) is 0 Å². The maximum atomic E-state index is 13.3. The van der Waals surface area contributed by atoms with Crippen LogP contribution in [0.4, 0.5) is 0 Å². The van der Waals surface area contributed by atoms with Crippen LogP contribution in [0, 0.1) is 23.2 Å². The molecule has 6 rings (SSSR count). The highest BCUT2D eigenvalue weighted by Gasteiger charge is 2.55. The number of aromatic nitrogens is 3. The van der Waals surface area contributed by atoms with Gasteiger partial charge < -0.3 is 4.74 Å². The van der Waals surface area contributed by atoms with Gasteiger partial charge in [-0.25, -0.2) is 14.5 Å². The lowest BCUT2D eigenvalue weighted by molar-refractivity contribution is -0.152. The Hall–Kier alpha value is -2.50. The van der Waals surface area contributed by atoms with Crippen molar-refractivity contribution in [3.63, 3.8) is 0 Å².